The Kier molecular flexibility index (Phi) is 4.45. The van der Waals surface area contributed by atoms with Crippen LogP contribution in [-0.2, 0) is 0 Å². The normalized spacial score (nSPS) is 28.0. The summed E-state index contributed by atoms with van der Waals surface area (Å²) in [6.07, 6.45) is 8.72. The Hall–Kier alpha value is -0.0800. The van der Waals surface area contributed by atoms with Crippen molar-refractivity contribution in [1.29, 1.82) is 0 Å². The van der Waals surface area contributed by atoms with Gasteiger partial charge in [-0.3, -0.25) is 0 Å². The molecule has 88 valence electrons. The second-order valence-electron chi connectivity index (χ2n) is 5.56. The summed E-state index contributed by atoms with van der Waals surface area (Å²) < 4.78 is 0. The van der Waals surface area contributed by atoms with Crippen molar-refractivity contribution < 1.29 is 0 Å². The van der Waals surface area contributed by atoms with Crippen molar-refractivity contribution in [1.82, 2.24) is 10.2 Å². The van der Waals surface area contributed by atoms with Crippen molar-refractivity contribution >= 4 is 0 Å². The molecule has 0 aromatic heterocycles. The summed E-state index contributed by atoms with van der Waals surface area (Å²) in [5, 5.41) is 3.45. The Morgan fingerprint density at radius 2 is 1.93 bits per heavy atom. The van der Waals surface area contributed by atoms with E-state index in [0.29, 0.717) is 0 Å². The second-order valence-corrected chi connectivity index (χ2v) is 5.56. The molecule has 1 N–H and O–H groups in total. The largest absolute Gasteiger partial charge is 0.316 e. The van der Waals surface area contributed by atoms with Gasteiger partial charge in [0.2, 0.25) is 0 Å². The van der Waals surface area contributed by atoms with Crippen LogP contribution in [0.4, 0.5) is 0 Å². The summed E-state index contributed by atoms with van der Waals surface area (Å²) in [6.45, 7) is 5.16. The highest BCUT2D eigenvalue weighted by molar-refractivity contribution is 4.74. The number of hydrogen-bond donors (Lipinski definition) is 1. The minimum Gasteiger partial charge on any atom is -0.316 e. The van der Waals surface area contributed by atoms with Crippen LogP contribution in [0.25, 0.3) is 0 Å². The lowest BCUT2D eigenvalue weighted by atomic mass is 10.0. The van der Waals surface area contributed by atoms with Crippen molar-refractivity contribution in [3.63, 3.8) is 0 Å². The fourth-order valence-corrected chi connectivity index (χ4v) is 3.09. The molecule has 1 heterocycles. The maximum absolute atomic E-state index is 3.45. The van der Waals surface area contributed by atoms with Crippen LogP contribution in [0.5, 0.6) is 0 Å². The van der Waals surface area contributed by atoms with Crippen molar-refractivity contribution in [2.24, 2.45) is 11.8 Å². The van der Waals surface area contributed by atoms with Gasteiger partial charge >= 0.3 is 0 Å². The van der Waals surface area contributed by atoms with Gasteiger partial charge in [0.25, 0.3) is 0 Å². The zero-order valence-electron chi connectivity index (χ0n) is 10.2. The van der Waals surface area contributed by atoms with Crippen molar-refractivity contribution in [2.75, 3.05) is 33.2 Å². The Labute approximate surface area is 94.4 Å². The van der Waals surface area contributed by atoms with E-state index in [1.165, 1.54) is 64.7 Å². The standard InChI is InChI=1S/C13H26N2/c1-15(11-13-4-2-3-5-13)9-7-12-6-8-14-10-12/h12-14H,2-11H2,1H3. The minimum atomic E-state index is 0.955. The van der Waals surface area contributed by atoms with Gasteiger partial charge < -0.3 is 10.2 Å². The fraction of sp³-hybridized carbons (Fsp3) is 1.00. The molecule has 2 aliphatic rings. The number of rotatable bonds is 5. The van der Waals surface area contributed by atoms with Gasteiger partial charge in [0.05, 0.1) is 0 Å². The van der Waals surface area contributed by atoms with E-state index in [1.54, 1.807) is 0 Å². The maximum atomic E-state index is 3.45. The molecule has 0 radical (unpaired) electrons. The molecule has 2 heteroatoms. The molecular weight excluding hydrogens is 184 g/mol. The Balaban J connectivity index is 1.57. The summed E-state index contributed by atoms with van der Waals surface area (Å²) in [5.41, 5.74) is 0. The molecule has 2 fully saturated rings. The van der Waals surface area contributed by atoms with E-state index in [0.717, 1.165) is 11.8 Å². The van der Waals surface area contributed by atoms with Crippen molar-refractivity contribution in [2.45, 2.75) is 38.5 Å². The van der Waals surface area contributed by atoms with E-state index >= 15 is 0 Å². The highest BCUT2D eigenvalue weighted by Crippen LogP contribution is 2.25. The first-order valence-electron chi connectivity index (χ1n) is 6.74. The highest BCUT2D eigenvalue weighted by atomic mass is 15.1. The molecule has 0 bridgehead atoms. The van der Waals surface area contributed by atoms with Crippen molar-refractivity contribution in [3.05, 3.63) is 0 Å². The van der Waals surface area contributed by atoms with Crippen LogP contribution >= 0.6 is 0 Å². The lowest BCUT2D eigenvalue weighted by molar-refractivity contribution is 0.260. The van der Waals surface area contributed by atoms with Crippen LogP contribution in [0.2, 0.25) is 0 Å². The van der Waals surface area contributed by atoms with Crippen LogP contribution in [-0.4, -0.2) is 38.1 Å². The monoisotopic (exact) mass is 210 g/mol. The van der Waals surface area contributed by atoms with E-state index in [2.05, 4.69) is 17.3 Å². The average molecular weight is 210 g/mol. The zero-order valence-corrected chi connectivity index (χ0v) is 10.2. The molecule has 1 aliphatic heterocycles. The predicted molar refractivity (Wildman–Crippen MR) is 65.0 cm³/mol. The quantitative estimate of drug-likeness (QED) is 0.747. The van der Waals surface area contributed by atoms with Gasteiger partial charge in [-0.25, -0.2) is 0 Å². The highest BCUT2D eigenvalue weighted by Gasteiger charge is 2.18. The summed E-state index contributed by atoms with van der Waals surface area (Å²) in [5.74, 6) is 1.97. The van der Waals surface area contributed by atoms with Crippen LogP contribution in [0, 0.1) is 11.8 Å². The van der Waals surface area contributed by atoms with Crippen LogP contribution < -0.4 is 5.32 Å². The SMILES string of the molecule is CN(CCC1CCNC1)CC1CCCC1. The Morgan fingerprint density at radius 1 is 1.13 bits per heavy atom. The van der Waals surface area contributed by atoms with Crippen LogP contribution in [0.15, 0.2) is 0 Å². The van der Waals surface area contributed by atoms with Gasteiger partial charge in [0.15, 0.2) is 0 Å². The van der Waals surface area contributed by atoms with Gasteiger partial charge in [-0.15, -0.1) is 0 Å². The molecule has 2 nitrogen and oxygen atoms in total. The summed E-state index contributed by atoms with van der Waals surface area (Å²) in [7, 11) is 2.31. The minimum absolute atomic E-state index is 0.955. The van der Waals surface area contributed by atoms with Crippen molar-refractivity contribution in [3.8, 4) is 0 Å². The van der Waals surface area contributed by atoms with E-state index in [4.69, 9.17) is 0 Å². The Morgan fingerprint density at radius 3 is 2.60 bits per heavy atom. The van der Waals surface area contributed by atoms with E-state index in [-0.39, 0.29) is 0 Å². The summed E-state index contributed by atoms with van der Waals surface area (Å²) in [4.78, 5) is 2.56. The number of hydrogen-bond acceptors (Lipinski definition) is 2. The molecule has 1 unspecified atom stereocenters. The smallest absolute Gasteiger partial charge is 0.000661 e. The lowest BCUT2D eigenvalue weighted by Crippen LogP contribution is -2.27. The van der Waals surface area contributed by atoms with Crippen LogP contribution in [0.3, 0.4) is 0 Å². The molecule has 0 aromatic rings. The van der Waals surface area contributed by atoms with Gasteiger partial charge in [0, 0.05) is 6.54 Å². The van der Waals surface area contributed by atoms with Gasteiger partial charge in [-0.1, -0.05) is 12.8 Å². The fourth-order valence-electron chi connectivity index (χ4n) is 3.09. The second kappa shape index (κ2) is 5.86. The van der Waals surface area contributed by atoms with Gasteiger partial charge in [-0.2, -0.15) is 0 Å². The molecule has 15 heavy (non-hydrogen) atoms. The van der Waals surface area contributed by atoms with E-state index in [9.17, 15) is 0 Å². The molecule has 1 saturated carbocycles. The molecule has 2 rings (SSSR count). The molecule has 1 aliphatic carbocycles. The average Bonchev–Trinajstić information content (AvgIpc) is 2.86. The zero-order chi connectivity index (χ0) is 10.5. The summed E-state index contributed by atoms with van der Waals surface area (Å²) >= 11 is 0. The third kappa shape index (κ3) is 3.76. The summed E-state index contributed by atoms with van der Waals surface area (Å²) in [6, 6.07) is 0. The van der Waals surface area contributed by atoms with E-state index in [1.807, 2.05) is 0 Å². The first-order chi connectivity index (χ1) is 7.34. The lowest BCUT2D eigenvalue weighted by Gasteiger charge is -2.22. The topological polar surface area (TPSA) is 15.3 Å². The third-order valence-electron chi connectivity index (χ3n) is 4.13. The molecule has 1 saturated heterocycles. The third-order valence-corrected chi connectivity index (χ3v) is 4.13. The molecular formula is C13H26N2. The Bertz CT molecular complexity index is 169. The first-order valence-corrected chi connectivity index (χ1v) is 6.74. The molecule has 0 aromatic carbocycles. The molecule has 0 amide bonds. The molecule has 0 spiro atoms. The van der Waals surface area contributed by atoms with Crippen LogP contribution in [0.1, 0.15) is 38.5 Å². The van der Waals surface area contributed by atoms with Gasteiger partial charge in [0.1, 0.15) is 0 Å². The maximum Gasteiger partial charge on any atom is 0.000661 e. The number of nitrogens with zero attached hydrogens (tertiary/aromatic N) is 1. The number of nitrogens with one attached hydrogen (secondary N) is 1. The van der Waals surface area contributed by atoms with E-state index < -0.39 is 0 Å². The first kappa shape index (κ1) is 11.4. The molecule has 1 atom stereocenters. The predicted octanol–water partition coefficient (Wildman–Crippen LogP) is 2.11. The van der Waals surface area contributed by atoms with Gasteiger partial charge in [-0.05, 0) is 64.2 Å².